The Labute approximate surface area is 225 Å². The highest BCUT2D eigenvalue weighted by atomic mass is 16.7. The summed E-state index contributed by atoms with van der Waals surface area (Å²) in [5, 5.41) is 20.6. The van der Waals surface area contributed by atoms with Crippen molar-refractivity contribution in [3.8, 4) is 0 Å². The minimum atomic E-state index is -1.02. The van der Waals surface area contributed by atoms with Crippen LogP contribution in [0.2, 0.25) is 0 Å². The molecule has 0 aliphatic carbocycles. The Bertz CT molecular complexity index is 1450. The van der Waals surface area contributed by atoms with Crippen LogP contribution >= 0.6 is 0 Å². The van der Waals surface area contributed by atoms with E-state index in [0.717, 1.165) is 16.7 Å². The number of imidazole rings is 1. The highest BCUT2D eigenvalue weighted by molar-refractivity contribution is 5.71. The van der Waals surface area contributed by atoms with Crippen LogP contribution in [0.4, 0.5) is 5.95 Å². The van der Waals surface area contributed by atoms with E-state index in [1.807, 2.05) is 91.0 Å². The molecule has 0 fully saturated rings. The normalized spacial score (nSPS) is 11.8. The molecule has 3 aromatic carbocycles. The van der Waals surface area contributed by atoms with E-state index in [4.69, 9.17) is 9.82 Å². The van der Waals surface area contributed by atoms with E-state index in [1.165, 1.54) is 0 Å². The fraction of sp³-hybridized carbons (Fsp3) is 0.233. The van der Waals surface area contributed by atoms with Gasteiger partial charge in [-0.3, -0.25) is 14.6 Å². The monoisotopic (exact) mass is 525 g/mol. The number of hydrogen-bond donors (Lipinski definition) is 3. The van der Waals surface area contributed by atoms with E-state index in [1.54, 1.807) is 23.1 Å². The number of aliphatic hydroxyl groups is 2. The molecule has 0 saturated carbocycles. The second-order valence-corrected chi connectivity index (χ2v) is 9.30. The highest BCUT2D eigenvalue weighted by Gasteiger charge is 2.45. The largest absolute Gasteiger partial charge is 0.396 e. The number of aromatic amines is 1. The minimum absolute atomic E-state index is 0.131. The SMILES string of the molecule is CON(c1nc2c(ncn2CCC(CO)CO)c(=O)[nH]1)C(c1ccccc1)(c1ccccc1)c1ccccc1. The lowest BCUT2D eigenvalue weighted by molar-refractivity contribution is 0.118. The first-order valence-electron chi connectivity index (χ1n) is 12.8. The molecule has 200 valence electrons. The molecule has 0 atom stereocenters. The quantitative estimate of drug-likeness (QED) is 0.179. The Morgan fingerprint density at radius 3 is 1.87 bits per heavy atom. The molecule has 2 aromatic heterocycles. The van der Waals surface area contributed by atoms with Gasteiger partial charge >= 0.3 is 0 Å². The molecule has 5 aromatic rings. The Morgan fingerprint density at radius 1 is 0.897 bits per heavy atom. The molecule has 0 aliphatic rings. The van der Waals surface area contributed by atoms with E-state index < -0.39 is 11.1 Å². The number of hydroxylamine groups is 1. The van der Waals surface area contributed by atoms with Crippen molar-refractivity contribution >= 4 is 17.1 Å². The molecule has 2 heterocycles. The molecule has 0 amide bonds. The first-order valence-corrected chi connectivity index (χ1v) is 12.8. The van der Waals surface area contributed by atoms with Gasteiger partial charge in [0.2, 0.25) is 5.95 Å². The molecule has 9 nitrogen and oxygen atoms in total. The van der Waals surface area contributed by atoms with Crippen molar-refractivity contribution in [3.05, 3.63) is 124 Å². The topological polar surface area (TPSA) is 116 Å². The molecule has 3 N–H and O–H groups in total. The summed E-state index contributed by atoms with van der Waals surface area (Å²) < 4.78 is 1.76. The third-order valence-corrected chi connectivity index (χ3v) is 7.01. The maximum Gasteiger partial charge on any atom is 0.280 e. The van der Waals surface area contributed by atoms with Gasteiger partial charge in [0, 0.05) is 25.7 Å². The zero-order valence-corrected chi connectivity index (χ0v) is 21.6. The van der Waals surface area contributed by atoms with Crippen molar-refractivity contribution in [1.29, 1.82) is 0 Å². The van der Waals surface area contributed by atoms with Gasteiger partial charge in [-0.25, -0.2) is 10.0 Å². The molecule has 9 heteroatoms. The van der Waals surface area contributed by atoms with Crippen LogP contribution < -0.4 is 10.6 Å². The third-order valence-electron chi connectivity index (χ3n) is 7.01. The maximum absolute atomic E-state index is 13.3. The molecule has 0 saturated heterocycles. The van der Waals surface area contributed by atoms with Crippen LogP contribution in [-0.2, 0) is 16.9 Å². The van der Waals surface area contributed by atoms with E-state index in [2.05, 4.69) is 9.97 Å². The van der Waals surface area contributed by atoms with E-state index in [9.17, 15) is 15.0 Å². The Kier molecular flexibility index (Phi) is 7.83. The summed E-state index contributed by atoms with van der Waals surface area (Å²) in [6.07, 6.45) is 2.05. The number of benzene rings is 3. The first kappa shape index (κ1) is 26.3. The lowest BCUT2D eigenvalue weighted by Crippen LogP contribution is -2.49. The average molecular weight is 526 g/mol. The summed E-state index contributed by atoms with van der Waals surface area (Å²) in [4.78, 5) is 31.4. The number of aliphatic hydroxyl groups excluding tert-OH is 2. The van der Waals surface area contributed by atoms with Gasteiger partial charge in [-0.05, 0) is 23.1 Å². The Morgan fingerprint density at radius 2 is 1.41 bits per heavy atom. The number of aromatic nitrogens is 4. The zero-order chi connectivity index (χ0) is 27.2. The number of H-pyrrole nitrogens is 1. The maximum atomic E-state index is 13.3. The van der Waals surface area contributed by atoms with Gasteiger partial charge in [0.05, 0.1) is 13.4 Å². The van der Waals surface area contributed by atoms with E-state index in [-0.39, 0.29) is 30.6 Å². The predicted octanol–water partition coefficient (Wildman–Crippen LogP) is 3.47. The number of nitrogens with one attached hydrogen (secondary N) is 1. The van der Waals surface area contributed by atoms with Gasteiger partial charge in [0.25, 0.3) is 5.56 Å². The van der Waals surface area contributed by atoms with Gasteiger partial charge in [-0.15, -0.1) is 0 Å². The summed E-state index contributed by atoms with van der Waals surface area (Å²) in [5.74, 6) is -0.0737. The highest BCUT2D eigenvalue weighted by Crippen LogP contribution is 2.43. The number of anilines is 1. The Balaban J connectivity index is 1.75. The summed E-state index contributed by atoms with van der Waals surface area (Å²) in [7, 11) is 1.55. The van der Waals surface area contributed by atoms with Gasteiger partial charge in [0.15, 0.2) is 11.2 Å². The number of hydrogen-bond acceptors (Lipinski definition) is 7. The van der Waals surface area contributed by atoms with Crippen molar-refractivity contribution < 1.29 is 15.1 Å². The number of rotatable bonds is 11. The first-order chi connectivity index (χ1) is 19.1. The molecule has 39 heavy (non-hydrogen) atoms. The standard InChI is InChI=1S/C30H31N5O4/c1-39-35(29-32-27-26(28(38)33-29)31-21-34(27)18-17-22(19-36)20-37)30(23-11-5-2-6-12-23,24-13-7-3-8-14-24)25-15-9-4-10-16-25/h2-16,21-22,36-37H,17-20H2,1H3,(H,32,33,38). The van der Waals surface area contributed by atoms with Gasteiger partial charge in [-0.1, -0.05) is 91.0 Å². The van der Waals surface area contributed by atoms with Crippen molar-refractivity contribution in [2.24, 2.45) is 5.92 Å². The van der Waals surface area contributed by atoms with Crippen LogP contribution in [0.3, 0.4) is 0 Å². The predicted molar refractivity (Wildman–Crippen MR) is 149 cm³/mol. The van der Waals surface area contributed by atoms with Crippen molar-refractivity contribution in [2.75, 3.05) is 25.4 Å². The molecule has 0 unspecified atom stereocenters. The molecule has 0 radical (unpaired) electrons. The zero-order valence-electron chi connectivity index (χ0n) is 21.6. The Hall–Kier alpha value is -4.31. The second kappa shape index (κ2) is 11.6. The van der Waals surface area contributed by atoms with Gasteiger partial charge in [0.1, 0.15) is 5.54 Å². The molecule has 0 bridgehead atoms. The van der Waals surface area contributed by atoms with E-state index in [0.29, 0.717) is 18.6 Å². The lowest BCUT2D eigenvalue weighted by atomic mass is 9.76. The van der Waals surface area contributed by atoms with Crippen LogP contribution in [0.25, 0.3) is 11.2 Å². The summed E-state index contributed by atoms with van der Waals surface area (Å²) in [5.41, 5.74) is 1.89. The van der Waals surface area contributed by atoms with Crippen molar-refractivity contribution in [2.45, 2.75) is 18.5 Å². The van der Waals surface area contributed by atoms with Crippen LogP contribution in [-0.4, -0.2) is 50.1 Å². The molecule has 0 aliphatic heterocycles. The molecular formula is C30H31N5O4. The number of fused-ring (bicyclic) bond motifs is 1. The fourth-order valence-corrected chi connectivity index (χ4v) is 5.04. The van der Waals surface area contributed by atoms with Crippen LogP contribution in [0.15, 0.2) is 102 Å². The number of nitrogens with zero attached hydrogens (tertiary/aromatic N) is 4. The average Bonchev–Trinajstić information content (AvgIpc) is 3.41. The number of aryl methyl sites for hydroxylation is 1. The molecular weight excluding hydrogens is 494 g/mol. The van der Waals surface area contributed by atoms with Crippen molar-refractivity contribution in [3.63, 3.8) is 0 Å². The smallest absolute Gasteiger partial charge is 0.280 e. The lowest BCUT2D eigenvalue weighted by Gasteiger charge is -2.43. The summed E-state index contributed by atoms with van der Waals surface area (Å²) in [6, 6.07) is 29.8. The van der Waals surface area contributed by atoms with Gasteiger partial charge in [-0.2, -0.15) is 4.98 Å². The van der Waals surface area contributed by atoms with Crippen molar-refractivity contribution in [1.82, 2.24) is 19.5 Å². The van der Waals surface area contributed by atoms with Crippen LogP contribution in [0, 0.1) is 5.92 Å². The summed E-state index contributed by atoms with van der Waals surface area (Å²) in [6.45, 7) is 0.160. The minimum Gasteiger partial charge on any atom is -0.396 e. The van der Waals surface area contributed by atoms with Crippen LogP contribution in [0.1, 0.15) is 23.1 Å². The van der Waals surface area contributed by atoms with Gasteiger partial charge < -0.3 is 14.8 Å². The summed E-state index contributed by atoms with van der Waals surface area (Å²) >= 11 is 0. The fourth-order valence-electron chi connectivity index (χ4n) is 5.04. The molecule has 0 spiro atoms. The second-order valence-electron chi connectivity index (χ2n) is 9.30. The van der Waals surface area contributed by atoms with Crippen LogP contribution in [0.5, 0.6) is 0 Å². The van der Waals surface area contributed by atoms with E-state index >= 15 is 0 Å². The molecule has 5 rings (SSSR count). The third kappa shape index (κ3) is 4.83.